The third-order valence-electron chi connectivity index (χ3n) is 4.02. The largest absolute Gasteiger partial charge is 0.508 e. The average molecular weight is 344 g/mol. The van der Waals surface area contributed by atoms with E-state index in [2.05, 4.69) is 9.98 Å². The first kappa shape index (κ1) is 15.9. The molecule has 4 rings (SSSR count). The van der Waals surface area contributed by atoms with Crippen LogP contribution in [-0.2, 0) is 0 Å². The molecule has 5 heteroatoms. The van der Waals surface area contributed by atoms with Crippen LogP contribution in [0, 0.1) is 6.92 Å². The fraction of sp³-hybridized carbons (Fsp3) is 0.0476. The van der Waals surface area contributed by atoms with E-state index in [-0.39, 0.29) is 11.5 Å². The number of benzene rings is 3. The van der Waals surface area contributed by atoms with Crippen LogP contribution >= 0.6 is 0 Å². The monoisotopic (exact) mass is 344 g/mol. The second kappa shape index (κ2) is 6.37. The maximum absolute atomic E-state index is 9.78. The Hall–Kier alpha value is -3.60. The number of hydrogen-bond donors (Lipinski definition) is 2. The summed E-state index contributed by atoms with van der Waals surface area (Å²) in [7, 11) is 0. The number of aryl methyl sites for hydroxylation is 1. The van der Waals surface area contributed by atoms with Gasteiger partial charge in [-0.05, 0) is 61.0 Å². The average Bonchev–Trinajstić information content (AvgIpc) is 3.04. The standard InChI is InChI=1S/C21H16N2O3/c1-13-2-9-18-20(10-13)26-21(23-18)14-3-6-16(7-4-14)22-12-15-5-8-17(24)11-19(15)25/h2-12,24-25H,1H3. The lowest BCUT2D eigenvalue weighted by Gasteiger charge is -2.00. The Labute approximate surface area is 149 Å². The number of aromatic hydroxyl groups is 2. The lowest BCUT2D eigenvalue weighted by atomic mass is 10.2. The van der Waals surface area contributed by atoms with Crippen LogP contribution in [0.1, 0.15) is 11.1 Å². The molecule has 2 N–H and O–H groups in total. The van der Waals surface area contributed by atoms with E-state index in [0.717, 1.165) is 27.9 Å². The predicted octanol–water partition coefficient (Wildman–Crippen LogP) is 4.97. The topological polar surface area (TPSA) is 78.9 Å². The highest BCUT2D eigenvalue weighted by Gasteiger charge is 2.08. The molecule has 0 unspecified atom stereocenters. The molecule has 5 nitrogen and oxygen atoms in total. The van der Waals surface area contributed by atoms with Gasteiger partial charge in [0.05, 0.1) is 5.69 Å². The van der Waals surface area contributed by atoms with Crippen LogP contribution in [0.2, 0.25) is 0 Å². The zero-order valence-corrected chi connectivity index (χ0v) is 14.0. The Morgan fingerprint density at radius 2 is 1.77 bits per heavy atom. The number of aromatic nitrogens is 1. The quantitative estimate of drug-likeness (QED) is 0.515. The molecule has 0 amide bonds. The number of phenols is 2. The van der Waals surface area contributed by atoms with Gasteiger partial charge in [0, 0.05) is 23.4 Å². The van der Waals surface area contributed by atoms with Gasteiger partial charge < -0.3 is 14.6 Å². The molecule has 0 aliphatic rings. The van der Waals surface area contributed by atoms with E-state index in [4.69, 9.17) is 4.42 Å². The molecule has 128 valence electrons. The second-order valence-corrected chi connectivity index (χ2v) is 6.04. The lowest BCUT2D eigenvalue weighted by molar-refractivity contribution is 0.450. The summed E-state index contributed by atoms with van der Waals surface area (Å²) in [4.78, 5) is 8.84. The highest BCUT2D eigenvalue weighted by molar-refractivity contribution is 5.85. The summed E-state index contributed by atoms with van der Waals surface area (Å²) in [6.07, 6.45) is 1.55. The minimum atomic E-state index is -0.0212. The minimum absolute atomic E-state index is 0.0116. The van der Waals surface area contributed by atoms with Crippen LogP contribution < -0.4 is 0 Å². The molecule has 0 spiro atoms. The molecule has 0 saturated carbocycles. The van der Waals surface area contributed by atoms with Crippen LogP contribution in [0.5, 0.6) is 11.5 Å². The highest BCUT2D eigenvalue weighted by atomic mass is 16.3. The number of rotatable bonds is 3. The van der Waals surface area contributed by atoms with Gasteiger partial charge in [0.25, 0.3) is 0 Å². The van der Waals surface area contributed by atoms with Crippen molar-refractivity contribution in [3.8, 4) is 23.0 Å². The fourth-order valence-corrected chi connectivity index (χ4v) is 2.63. The van der Waals surface area contributed by atoms with Crippen molar-refractivity contribution in [3.05, 3.63) is 71.8 Å². The van der Waals surface area contributed by atoms with Gasteiger partial charge in [-0.15, -0.1) is 0 Å². The Bertz CT molecular complexity index is 1110. The SMILES string of the molecule is Cc1ccc2nc(-c3ccc(N=Cc4ccc(O)cc4O)cc3)oc2c1. The maximum Gasteiger partial charge on any atom is 0.227 e. The van der Waals surface area contributed by atoms with E-state index < -0.39 is 0 Å². The number of phenolic OH excluding ortho intramolecular Hbond substituents is 2. The normalized spacial score (nSPS) is 11.4. The summed E-state index contributed by atoms with van der Waals surface area (Å²) in [6.45, 7) is 2.01. The van der Waals surface area contributed by atoms with Crippen molar-refractivity contribution in [2.75, 3.05) is 0 Å². The van der Waals surface area contributed by atoms with Crippen LogP contribution in [0.3, 0.4) is 0 Å². The van der Waals surface area contributed by atoms with Crippen molar-refractivity contribution >= 4 is 23.0 Å². The van der Waals surface area contributed by atoms with Gasteiger partial charge in [0.2, 0.25) is 5.89 Å². The van der Waals surface area contributed by atoms with Crippen molar-refractivity contribution in [2.24, 2.45) is 4.99 Å². The number of hydrogen-bond acceptors (Lipinski definition) is 5. The van der Waals surface area contributed by atoms with Crippen LogP contribution in [0.25, 0.3) is 22.6 Å². The molecule has 0 saturated heterocycles. The molecule has 0 aliphatic heterocycles. The predicted molar refractivity (Wildman–Crippen MR) is 101 cm³/mol. The zero-order chi connectivity index (χ0) is 18.1. The van der Waals surface area contributed by atoms with Gasteiger partial charge in [-0.1, -0.05) is 6.07 Å². The number of aliphatic imine (C=N–C) groups is 1. The van der Waals surface area contributed by atoms with Crippen molar-refractivity contribution in [2.45, 2.75) is 6.92 Å². The third-order valence-corrected chi connectivity index (χ3v) is 4.02. The molecule has 3 aromatic carbocycles. The van der Waals surface area contributed by atoms with E-state index >= 15 is 0 Å². The Balaban J connectivity index is 1.58. The molecule has 1 heterocycles. The second-order valence-electron chi connectivity index (χ2n) is 6.04. The maximum atomic E-state index is 9.78. The van der Waals surface area contributed by atoms with Crippen molar-refractivity contribution in [3.63, 3.8) is 0 Å². The summed E-state index contributed by atoms with van der Waals surface area (Å²) in [5.74, 6) is 0.557. The molecular weight excluding hydrogens is 328 g/mol. The summed E-state index contributed by atoms with van der Waals surface area (Å²) < 4.78 is 5.82. The van der Waals surface area contributed by atoms with Crippen LogP contribution in [-0.4, -0.2) is 21.4 Å². The van der Waals surface area contributed by atoms with Crippen molar-refractivity contribution in [1.29, 1.82) is 0 Å². The molecule has 0 bridgehead atoms. The summed E-state index contributed by atoms with van der Waals surface area (Å²) >= 11 is 0. The first-order chi connectivity index (χ1) is 12.6. The van der Waals surface area contributed by atoms with Crippen LogP contribution in [0.4, 0.5) is 5.69 Å². The molecule has 0 aliphatic carbocycles. The number of oxazole rings is 1. The third kappa shape index (κ3) is 3.15. The Morgan fingerprint density at radius 1 is 0.962 bits per heavy atom. The van der Waals surface area contributed by atoms with E-state index in [1.807, 2.05) is 49.4 Å². The van der Waals surface area contributed by atoms with E-state index in [9.17, 15) is 10.2 Å². The lowest BCUT2D eigenvalue weighted by Crippen LogP contribution is -1.82. The minimum Gasteiger partial charge on any atom is -0.508 e. The number of nitrogens with zero attached hydrogens (tertiary/aromatic N) is 2. The Kier molecular flexibility index (Phi) is 3.89. The zero-order valence-electron chi connectivity index (χ0n) is 14.0. The van der Waals surface area contributed by atoms with Gasteiger partial charge in [0.15, 0.2) is 5.58 Å². The molecule has 0 atom stereocenters. The van der Waals surface area contributed by atoms with Gasteiger partial charge in [-0.25, -0.2) is 4.98 Å². The Morgan fingerprint density at radius 3 is 2.54 bits per heavy atom. The van der Waals surface area contributed by atoms with Gasteiger partial charge in [-0.3, -0.25) is 4.99 Å². The number of fused-ring (bicyclic) bond motifs is 1. The molecule has 4 aromatic rings. The summed E-state index contributed by atoms with van der Waals surface area (Å²) in [5, 5.41) is 19.1. The van der Waals surface area contributed by atoms with Crippen LogP contribution in [0.15, 0.2) is 70.1 Å². The molecule has 1 aromatic heterocycles. The van der Waals surface area contributed by atoms with Gasteiger partial charge in [0.1, 0.15) is 17.0 Å². The van der Waals surface area contributed by atoms with Gasteiger partial charge in [-0.2, -0.15) is 0 Å². The van der Waals surface area contributed by atoms with E-state index in [1.54, 1.807) is 12.3 Å². The van der Waals surface area contributed by atoms with Gasteiger partial charge >= 0.3 is 0 Å². The molecule has 0 fully saturated rings. The highest BCUT2D eigenvalue weighted by Crippen LogP contribution is 2.27. The molecule has 26 heavy (non-hydrogen) atoms. The summed E-state index contributed by atoms with van der Waals surface area (Å²) in [6, 6.07) is 17.8. The summed E-state index contributed by atoms with van der Waals surface area (Å²) in [5.41, 5.74) is 4.85. The first-order valence-corrected chi connectivity index (χ1v) is 8.12. The molecule has 0 radical (unpaired) electrons. The van der Waals surface area contributed by atoms with Crippen molar-refractivity contribution in [1.82, 2.24) is 4.98 Å². The fourth-order valence-electron chi connectivity index (χ4n) is 2.63. The smallest absolute Gasteiger partial charge is 0.227 e. The van der Waals surface area contributed by atoms with Crippen molar-refractivity contribution < 1.29 is 14.6 Å². The van der Waals surface area contributed by atoms with E-state index in [0.29, 0.717) is 11.5 Å². The van der Waals surface area contributed by atoms with E-state index in [1.165, 1.54) is 12.1 Å². The molecular formula is C21H16N2O3. The first-order valence-electron chi connectivity index (χ1n) is 8.12.